The lowest BCUT2D eigenvalue weighted by Crippen LogP contribution is -2.52. The van der Waals surface area contributed by atoms with E-state index in [1.807, 2.05) is 0 Å². The molecule has 17 heavy (non-hydrogen) atoms. The zero-order chi connectivity index (χ0) is 12.6. The molecule has 0 aromatic heterocycles. The van der Waals surface area contributed by atoms with Crippen molar-refractivity contribution in [2.45, 2.75) is 40.2 Å². The molecule has 2 rings (SSSR count). The summed E-state index contributed by atoms with van der Waals surface area (Å²) in [5.74, 6) is 0.775. The molecule has 4 atom stereocenters. The molecule has 1 aliphatic heterocycles. The first kappa shape index (κ1) is 12.6. The number of esters is 1. The third kappa shape index (κ3) is 2.13. The maximum atomic E-state index is 11.0. The predicted octanol–water partition coefficient (Wildman–Crippen LogP) is 2.56. The molecule has 2 bridgehead atoms. The first-order chi connectivity index (χ1) is 7.96. The number of carbonyl (C=O) groups excluding carboxylic acids is 1. The molecule has 0 spiro atoms. The van der Waals surface area contributed by atoms with E-state index in [4.69, 9.17) is 9.47 Å². The van der Waals surface area contributed by atoms with E-state index >= 15 is 0 Å². The number of hydrogen-bond donors (Lipinski definition) is 0. The van der Waals surface area contributed by atoms with Crippen LogP contribution in [0.2, 0.25) is 0 Å². The van der Waals surface area contributed by atoms with Gasteiger partial charge >= 0.3 is 5.97 Å². The Morgan fingerprint density at radius 3 is 2.94 bits per heavy atom. The number of hydrogen-bond acceptors (Lipinski definition) is 3. The Kier molecular flexibility index (Phi) is 3.30. The molecule has 0 amide bonds. The number of ether oxygens (including phenoxy) is 2. The molecule has 0 N–H and O–H groups in total. The number of allylic oxidation sites excluding steroid dienone is 1. The van der Waals surface area contributed by atoms with Gasteiger partial charge in [-0.1, -0.05) is 18.6 Å². The maximum absolute atomic E-state index is 11.0. The molecule has 0 saturated carbocycles. The van der Waals surface area contributed by atoms with Crippen LogP contribution in [0.3, 0.4) is 0 Å². The summed E-state index contributed by atoms with van der Waals surface area (Å²) in [5, 5.41) is 0. The second kappa shape index (κ2) is 4.45. The van der Waals surface area contributed by atoms with E-state index in [-0.39, 0.29) is 17.5 Å². The van der Waals surface area contributed by atoms with Crippen molar-refractivity contribution in [2.24, 2.45) is 17.3 Å². The molecule has 1 heterocycles. The molecular weight excluding hydrogens is 216 g/mol. The number of carbonyl (C=O) groups is 1. The Balaban J connectivity index is 2.21. The number of fused-ring (bicyclic) bond motifs is 2. The van der Waals surface area contributed by atoms with E-state index in [0.717, 1.165) is 6.42 Å². The van der Waals surface area contributed by atoms with Crippen molar-refractivity contribution in [1.29, 1.82) is 0 Å². The standard InChI is InChI=1S/C14H22O3/c1-9-5-6-14(8-17-12(4)15)7-16-11(3)13(9)10(14)2/h5,10-11,13H,6-8H2,1-4H3/t10-,11+,13+,14+/m0/s1. The number of rotatable bonds is 2. The van der Waals surface area contributed by atoms with Gasteiger partial charge in [-0.15, -0.1) is 0 Å². The molecule has 3 nitrogen and oxygen atoms in total. The van der Waals surface area contributed by atoms with Crippen molar-refractivity contribution in [3.8, 4) is 0 Å². The van der Waals surface area contributed by atoms with E-state index in [0.29, 0.717) is 25.0 Å². The van der Waals surface area contributed by atoms with E-state index < -0.39 is 0 Å². The first-order valence-electron chi connectivity index (χ1n) is 6.38. The van der Waals surface area contributed by atoms with Crippen LogP contribution >= 0.6 is 0 Å². The van der Waals surface area contributed by atoms with Crippen LogP contribution in [0.25, 0.3) is 0 Å². The third-order valence-corrected chi connectivity index (χ3v) is 4.56. The normalized spacial score (nSPS) is 40.7. The zero-order valence-electron chi connectivity index (χ0n) is 11.2. The zero-order valence-corrected chi connectivity index (χ0v) is 11.2. The smallest absolute Gasteiger partial charge is 0.302 e. The highest BCUT2D eigenvalue weighted by molar-refractivity contribution is 5.65. The summed E-state index contributed by atoms with van der Waals surface area (Å²) in [5.41, 5.74) is 1.41. The average molecular weight is 238 g/mol. The lowest BCUT2D eigenvalue weighted by Gasteiger charge is -2.51. The van der Waals surface area contributed by atoms with Gasteiger partial charge in [-0.2, -0.15) is 0 Å². The maximum Gasteiger partial charge on any atom is 0.302 e. The molecule has 0 radical (unpaired) electrons. The van der Waals surface area contributed by atoms with Gasteiger partial charge in [0, 0.05) is 18.3 Å². The minimum absolute atomic E-state index is 0.0116. The van der Waals surface area contributed by atoms with Crippen molar-refractivity contribution in [2.75, 3.05) is 13.2 Å². The monoisotopic (exact) mass is 238 g/mol. The first-order valence-corrected chi connectivity index (χ1v) is 6.38. The SMILES string of the molecule is CC(=O)OC[C@@]12CC=C(C)[C@@H]([C@@H](C)OC1)[C@@H]2C. The highest BCUT2D eigenvalue weighted by atomic mass is 16.5. The van der Waals surface area contributed by atoms with Crippen LogP contribution in [0.5, 0.6) is 0 Å². The average Bonchev–Trinajstić information content (AvgIpc) is 2.26. The van der Waals surface area contributed by atoms with E-state index in [9.17, 15) is 4.79 Å². The summed E-state index contributed by atoms with van der Waals surface area (Å²) in [6.45, 7) is 9.24. The molecule has 1 aliphatic carbocycles. The minimum atomic E-state index is -0.201. The highest BCUT2D eigenvalue weighted by Crippen LogP contribution is 2.49. The lowest BCUT2D eigenvalue weighted by atomic mass is 9.60. The summed E-state index contributed by atoms with van der Waals surface area (Å²) in [6.07, 6.45) is 3.52. The van der Waals surface area contributed by atoms with Crippen molar-refractivity contribution in [3.63, 3.8) is 0 Å². The topological polar surface area (TPSA) is 35.5 Å². The van der Waals surface area contributed by atoms with Gasteiger partial charge in [0.25, 0.3) is 0 Å². The van der Waals surface area contributed by atoms with Gasteiger partial charge in [0.15, 0.2) is 0 Å². The van der Waals surface area contributed by atoms with E-state index in [2.05, 4.69) is 26.8 Å². The summed E-state index contributed by atoms with van der Waals surface area (Å²) in [4.78, 5) is 11.0. The summed E-state index contributed by atoms with van der Waals surface area (Å²) >= 11 is 0. The predicted molar refractivity (Wildman–Crippen MR) is 65.5 cm³/mol. The fourth-order valence-corrected chi connectivity index (χ4v) is 3.31. The van der Waals surface area contributed by atoms with Gasteiger partial charge < -0.3 is 9.47 Å². The molecule has 96 valence electrons. The van der Waals surface area contributed by atoms with Gasteiger partial charge in [-0.3, -0.25) is 4.79 Å². The van der Waals surface area contributed by atoms with Gasteiger partial charge in [0.2, 0.25) is 0 Å². The highest BCUT2D eigenvalue weighted by Gasteiger charge is 2.49. The fourth-order valence-electron chi connectivity index (χ4n) is 3.31. The third-order valence-electron chi connectivity index (χ3n) is 4.56. The Hall–Kier alpha value is -0.830. The van der Waals surface area contributed by atoms with Gasteiger partial charge in [0.1, 0.15) is 0 Å². The van der Waals surface area contributed by atoms with Gasteiger partial charge in [-0.25, -0.2) is 0 Å². The lowest BCUT2D eigenvalue weighted by molar-refractivity contribution is -0.165. The summed E-state index contributed by atoms with van der Waals surface area (Å²) in [6, 6.07) is 0. The fraction of sp³-hybridized carbons (Fsp3) is 0.786. The van der Waals surface area contributed by atoms with E-state index in [1.54, 1.807) is 0 Å². The van der Waals surface area contributed by atoms with Crippen LogP contribution in [0.4, 0.5) is 0 Å². The Labute approximate surface area is 103 Å². The van der Waals surface area contributed by atoms with Crippen LogP contribution in [-0.2, 0) is 14.3 Å². The second-order valence-electron chi connectivity index (χ2n) is 5.63. The molecule has 0 aromatic rings. The van der Waals surface area contributed by atoms with Gasteiger partial charge in [0.05, 0.1) is 19.3 Å². The van der Waals surface area contributed by atoms with Crippen LogP contribution in [0, 0.1) is 17.3 Å². The van der Waals surface area contributed by atoms with Crippen LogP contribution in [0.1, 0.15) is 34.1 Å². The van der Waals surface area contributed by atoms with E-state index in [1.165, 1.54) is 12.5 Å². The van der Waals surface area contributed by atoms with Crippen molar-refractivity contribution >= 4 is 5.97 Å². The van der Waals surface area contributed by atoms with Crippen LogP contribution in [-0.4, -0.2) is 25.3 Å². The second-order valence-corrected chi connectivity index (χ2v) is 5.63. The van der Waals surface area contributed by atoms with Crippen molar-refractivity contribution in [1.82, 2.24) is 0 Å². The molecule has 1 fully saturated rings. The van der Waals surface area contributed by atoms with Gasteiger partial charge in [-0.05, 0) is 26.2 Å². The van der Waals surface area contributed by atoms with Crippen molar-refractivity contribution < 1.29 is 14.3 Å². The Morgan fingerprint density at radius 2 is 2.29 bits per heavy atom. The Bertz CT molecular complexity index is 347. The molecule has 0 unspecified atom stereocenters. The molecule has 2 aliphatic rings. The largest absolute Gasteiger partial charge is 0.465 e. The molecular formula is C14H22O3. The Morgan fingerprint density at radius 1 is 1.59 bits per heavy atom. The summed E-state index contributed by atoms with van der Waals surface area (Å²) in [7, 11) is 0. The molecule has 3 heteroatoms. The quantitative estimate of drug-likeness (QED) is 0.548. The van der Waals surface area contributed by atoms with Crippen molar-refractivity contribution in [3.05, 3.63) is 11.6 Å². The minimum Gasteiger partial charge on any atom is -0.465 e. The molecule has 0 aromatic carbocycles. The molecule has 1 saturated heterocycles. The summed E-state index contributed by atoms with van der Waals surface area (Å²) < 4.78 is 11.1. The van der Waals surface area contributed by atoms with Crippen LogP contribution < -0.4 is 0 Å². The van der Waals surface area contributed by atoms with Crippen LogP contribution in [0.15, 0.2) is 11.6 Å².